The van der Waals surface area contributed by atoms with Crippen LogP contribution in [0.4, 0.5) is 22.1 Å². The molecule has 2 aliphatic rings. The van der Waals surface area contributed by atoms with Gasteiger partial charge in [-0.2, -0.15) is 8.75 Å². The molecule has 8 heteroatoms. The molecule has 2 fully saturated rings. The van der Waals surface area contributed by atoms with E-state index in [0.29, 0.717) is 11.2 Å². The summed E-state index contributed by atoms with van der Waals surface area (Å²) in [6, 6.07) is 29.6. The summed E-state index contributed by atoms with van der Waals surface area (Å²) in [4.78, 5) is 34.5. The van der Waals surface area contributed by atoms with Crippen molar-refractivity contribution in [3.8, 4) is 10.4 Å². The Labute approximate surface area is 269 Å². The van der Waals surface area contributed by atoms with Gasteiger partial charge < -0.3 is 4.90 Å². The summed E-state index contributed by atoms with van der Waals surface area (Å²) in [5, 5.41) is 3.38. The molecule has 6 aromatic rings. The zero-order valence-corrected chi connectivity index (χ0v) is 26.6. The van der Waals surface area contributed by atoms with Gasteiger partial charge >= 0.3 is 0 Å². The highest BCUT2D eigenvalue weighted by Gasteiger charge is 2.47. The summed E-state index contributed by atoms with van der Waals surface area (Å²) in [5.41, 5.74) is 7.51. The maximum Gasteiger partial charge on any atom is 0.188 e. The predicted molar refractivity (Wildman–Crippen MR) is 185 cm³/mol. The van der Waals surface area contributed by atoms with Gasteiger partial charge in [-0.1, -0.05) is 72.5 Å². The first-order chi connectivity index (χ1) is 22.0. The molecule has 2 heterocycles. The molecule has 0 bridgehead atoms. The van der Waals surface area contributed by atoms with E-state index in [0.717, 1.165) is 80.5 Å². The van der Waals surface area contributed by atoms with Gasteiger partial charge in [0.25, 0.3) is 0 Å². The lowest BCUT2D eigenvalue weighted by Gasteiger charge is -2.24. The fraction of sp³-hybridized carbons (Fsp3) is 0.216. The molecule has 2 atom stereocenters. The summed E-state index contributed by atoms with van der Waals surface area (Å²) < 4.78 is 9.34. The van der Waals surface area contributed by atoms with E-state index in [1.54, 1.807) is 11.3 Å². The van der Waals surface area contributed by atoms with Crippen molar-refractivity contribution < 1.29 is 9.59 Å². The molecule has 6 nitrogen and oxygen atoms in total. The van der Waals surface area contributed by atoms with Crippen molar-refractivity contribution in [2.24, 2.45) is 16.8 Å². The lowest BCUT2D eigenvalue weighted by atomic mass is 9.81. The van der Waals surface area contributed by atoms with Gasteiger partial charge in [0, 0.05) is 44.4 Å². The number of aromatic nitrogens is 2. The van der Waals surface area contributed by atoms with Gasteiger partial charge in [-0.05, 0) is 63.1 Å². The first-order valence-electron chi connectivity index (χ1n) is 15.4. The van der Waals surface area contributed by atoms with Crippen LogP contribution in [0, 0.1) is 25.7 Å². The van der Waals surface area contributed by atoms with E-state index in [1.807, 2.05) is 12.1 Å². The van der Waals surface area contributed by atoms with Crippen LogP contribution >= 0.6 is 23.1 Å². The van der Waals surface area contributed by atoms with Crippen molar-refractivity contribution in [1.29, 1.82) is 0 Å². The third-order valence-electron chi connectivity index (χ3n) is 9.17. The van der Waals surface area contributed by atoms with Crippen LogP contribution in [-0.4, -0.2) is 26.0 Å². The number of hydrogen-bond donors (Lipinski definition) is 0. The highest BCUT2D eigenvalue weighted by atomic mass is 32.1. The zero-order valence-electron chi connectivity index (χ0n) is 25.0. The van der Waals surface area contributed by atoms with Crippen LogP contribution in [0.5, 0.6) is 0 Å². The third kappa shape index (κ3) is 4.71. The van der Waals surface area contributed by atoms with Crippen molar-refractivity contribution in [2.75, 3.05) is 4.90 Å². The van der Waals surface area contributed by atoms with Gasteiger partial charge in [-0.3, -0.25) is 9.59 Å². The first-order valence-corrected chi connectivity index (χ1v) is 16.9. The summed E-state index contributed by atoms with van der Waals surface area (Å²) in [6.07, 6.45) is 3.53. The normalized spacial score (nSPS) is 18.1. The third-order valence-corrected chi connectivity index (χ3v) is 10.9. The van der Waals surface area contributed by atoms with Crippen LogP contribution < -0.4 is 4.90 Å². The van der Waals surface area contributed by atoms with E-state index in [4.69, 9.17) is 4.37 Å². The summed E-state index contributed by atoms with van der Waals surface area (Å²) in [5.74, 6) is -0.638. The number of nitrogens with zero attached hydrogens (tertiary/aromatic N) is 4. The van der Waals surface area contributed by atoms with Crippen LogP contribution in [0.25, 0.3) is 32.2 Å². The first kappa shape index (κ1) is 28.0. The molecule has 2 aliphatic carbocycles. The largest absolute Gasteiger partial charge is 0.301 e. The molecule has 2 saturated carbocycles. The fourth-order valence-electron chi connectivity index (χ4n) is 6.80. The molecular formula is C37H30N4O2S2. The van der Waals surface area contributed by atoms with Crippen molar-refractivity contribution >= 4 is 84.2 Å². The Hall–Kier alpha value is -4.53. The molecule has 0 N–H and O–H groups in total. The van der Waals surface area contributed by atoms with Crippen molar-refractivity contribution in [3.05, 3.63) is 96.1 Å². The fourth-order valence-corrected chi connectivity index (χ4v) is 8.72. The van der Waals surface area contributed by atoms with Gasteiger partial charge in [0.15, 0.2) is 17.3 Å². The number of carbonyl (C=O) groups is 2. The summed E-state index contributed by atoms with van der Waals surface area (Å²) in [7, 11) is 0. The number of carbonyl (C=O) groups excluding carboxylic acids is 2. The number of fused-ring (bicyclic) bond motifs is 3. The highest BCUT2D eigenvalue weighted by Crippen LogP contribution is 2.50. The number of ketones is 2. The van der Waals surface area contributed by atoms with E-state index < -0.39 is 0 Å². The maximum atomic E-state index is 13.2. The number of rotatable bonds is 5. The Balaban J connectivity index is 1.28. The molecule has 2 unspecified atom stereocenters. The number of thiophene rings is 1. The molecule has 2 aromatic heterocycles. The molecule has 0 saturated heterocycles. The molecule has 45 heavy (non-hydrogen) atoms. The molecule has 4 aromatic carbocycles. The van der Waals surface area contributed by atoms with Crippen molar-refractivity contribution in [3.63, 3.8) is 0 Å². The highest BCUT2D eigenvalue weighted by molar-refractivity contribution is 7.21. The Morgan fingerprint density at radius 3 is 1.91 bits per heavy atom. The number of aryl methyl sites for hydroxylation is 2. The van der Waals surface area contributed by atoms with Gasteiger partial charge in [-0.25, -0.2) is 4.99 Å². The van der Waals surface area contributed by atoms with E-state index in [9.17, 15) is 9.59 Å². The van der Waals surface area contributed by atoms with Crippen molar-refractivity contribution in [2.45, 2.75) is 39.5 Å². The smallest absolute Gasteiger partial charge is 0.188 e. The second-order valence-corrected chi connectivity index (χ2v) is 13.6. The minimum atomic E-state index is -0.214. The van der Waals surface area contributed by atoms with E-state index in [1.165, 1.54) is 11.1 Å². The molecule has 0 radical (unpaired) electrons. The van der Waals surface area contributed by atoms with Crippen LogP contribution in [0.2, 0.25) is 0 Å². The number of aliphatic imine (C=N–C) groups is 1. The topological polar surface area (TPSA) is 75.5 Å². The molecule has 0 amide bonds. The molecule has 8 rings (SSSR count). The second kappa shape index (κ2) is 11.1. The van der Waals surface area contributed by atoms with Gasteiger partial charge in [0.05, 0.1) is 17.4 Å². The average Bonchev–Trinajstić information content (AvgIpc) is 3.77. The predicted octanol–water partition coefficient (Wildman–Crippen LogP) is 9.69. The number of hydrogen-bond acceptors (Lipinski definition) is 8. The standard InChI is InChI=1S/C37H30N4O2S2/c1-21-11-15-23(16-12-21)41(24-17-13-22(2)14-18-24)37-28-10-6-5-9-27(28)36(44-37)29-19-20-30(32-31(29)39-45-40-32)38-33-34(42)25-7-3-4-8-26(25)35(33)43/h5-6,9-20,25-26H,3-4,7-8H2,1-2H3. The quantitative estimate of drug-likeness (QED) is 0.190. The molecule has 0 spiro atoms. The van der Waals surface area contributed by atoms with Gasteiger partial charge in [-0.15, -0.1) is 11.3 Å². The number of Topliss-reactive ketones (excluding diaryl/α,β-unsaturated/α-hetero) is 2. The lowest BCUT2D eigenvalue weighted by Crippen LogP contribution is -2.21. The molecular weight excluding hydrogens is 597 g/mol. The minimum absolute atomic E-state index is 0.0876. The molecule has 222 valence electrons. The minimum Gasteiger partial charge on any atom is -0.301 e. The Morgan fingerprint density at radius 2 is 1.29 bits per heavy atom. The van der Waals surface area contributed by atoms with E-state index in [2.05, 4.69) is 101 Å². The van der Waals surface area contributed by atoms with Crippen LogP contribution in [0.15, 0.2) is 89.9 Å². The van der Waals surface area contributed by atoms with E-state index in [-0.39, 0.29) is 29.1 Å². The van der Waals surface area contributed by atoms with Gasteiger partial charge in [0.1, 0.15) is 16.0 Å². The van der Waals surface area contributed by atoms with Crippen molar-refractivity contribution in [1.82, 2.24) is 8.75 Å². The Bertz CT molecular complexity index is 2070. The SMILES string of the molecule is Cc1ccc(N(c2ccc(C)cc2)c2sc(-c3ccc(N=C4C(=O)C5CCCCC5C4=O)c4nsnc34)c3ccccc23)cc1. The average molecular weight is 627 g/mol. The number of anilines is 3. The lowest BCUT2D eigenvalue weighted by molar-refractivity contribution is -0.120. The summed E-state index contributed by atoms with van der Waals surface area (Å²) in [6.45, 7) is 4.21. The Kier molecular flexibility index (Phi) is 6.92. The summed E-state index contributed by atoms with van der Waals surface area (Å²) >= 11 is 2.85. The van der Waals surface area contributed by atoms with E-state index >= 15 is 0 Å². The van der Waals surface area contributed by atoms with Crippen LogP contribution in [0.3, 0.4) is 0 Å². The molecule has 0 aliphatic heterocycles. The van der Waals surface area contributed by atoms with Gasteiger partial charge in [0.2, 0.25) is 0 Å². The second-order valence-electron chi connectivity index (χ2n) is 12.1. The number of benzene rings is 4. The Morgan fingerprint density at radius 1 is 0.711 bits per heavy atom. The maximum absolute atomic E-state index is 13.2. The monoisotopic (exact) mass is 626 g/mol. The van der Waals surface area contributed by atoms with Crippen LogP contribution in [0.1, 0.15) is 36.8 Å². The van der Waals surface area contributed by atoms with Crippen LogP contribution in [-0.2, 0) is 9.59 Å². The zero-order chi connectivity index (χ0) is 30.7.